The summed E-state index contributed by atoms with van der Waals surface area (Å²) in [5.41, 5.74) is 6.26. The Labute approximate surface area is 168 Å². The lowest BCUT2D eigenvalue weighted by atomic mass is 10.3. The number of benzene rings is 2. The van der Waals surface area contributed by atoms with Gasteiger partial charge in [-0.05, 0) is 24.3 Å². The highest BCUT2D eigenvalue weighted by Gasteiger charge is 2.07. The van der Waals surface area contributed by atoms with E-state index >= 15 is 0 Å². The molecule has 2 rings (SSSR count). The van der Waals surface area contributed by atoms with Gasteiger partial charge in [-0.25, -0.2) is 0 Å². The third-order valence-corrected chi connectivity index (χ3v) is 4.21. The Hall–Kier alpha value is -0.880. The molecule has 0 bridgehead atoms. The van der Waals surface area contributed by atoms with E-state index < -0.39 is 0 Å². The van der Waals surface area contributed by atoms with E-state index in [-0.39, 0.29) is 0 Å². The van der Waals surface area contributed by atoms with Gasteiger partial charge in [0.15, 0.2) is 0 Å². The van der Waals surface area contributed by atoms with Crippen molar-refractivity contribution in [2.75, 3.05) is 10.9 Å². The summed E-state index contributed by atoms with van der Waals surface area (Å²) in [6, 6.07) is 6.19. The van der Waals surface area contributed by atoms with Crippen LogP contribution < -0.4 is 10.9 Å². The molecule has 2 N–H and O–H groups in total. The molecule has 0 spiro atoms. The maximum absolute atomic E-state index is 6.01. The summed E-state index contributed by atoms with van der Waals surface area (Å²) in [4.78, 5) is 0. The predicted octanol–water partition coefficient (Wildman–Crippen LogP) is 7.10. The van der Waals surface area contributed by atoms with Crippen LogP contribution in [0.1, 0.15) is 0 Å². The highest BCUT2D eigenvalue weighted by Crippen LogP contribution is 2.34. The molecule has 126 valence electrons. The molecule has 4 nitrogen and oxygen atoms in total. The molecule has 0 aliphatic rings. The molecule has 0 aromatic heterocycles. The van der Waals surface area contributed by atoms with E-state index in [2.05, 4.69) is 21.1 Å². The lowest BCUT2D eigenvalue weighted by Crippen LogP contribution is -1.95. The molecule has 2 aromatic carbocycles. The number of nitrogens with one attached hydrogen (secondary N) is 2. The molecule has 0 atom stereocenters. The van der Waals surface area contributed by atoms with Crippen molar-refractivity contribution >= 4 is 93.4 Å². The fourth-order valence-electron chi connectivity index (χ4n) is 1.57. The molecular formula is C14H8Cl6N4. The van der Waals surface area contributed by atoms with E-state index in [4.69, 9.17) is 69.6 Å². The Morgan fingerprint density at radius 1 is 0.583 bits per heavy atom. The number of rotatable bonds is 5. The number of anilines is 2. The summed E-state index contributed by atoms with van der Waals surface area (Å²) in [6.45, 7) is 0. The van der Waals surface area contributed by atoms with Gasteiger partial charge in [0.25, 0.3) is 0 Å². The quantitative estimate of drug-likeness (QED) is 0.381. The second-order valence-electron chi connectivity index (χ2n) is 4.27. The van der Waals surface area contributed by atoms with Gasteiger partial charge in [0, 0.05) is 10.0 Å². The smallest absolute Gasteiger partial charge is 0.0935 e. The van der Waals surface area contributed by atoms with Gasteiger partial charge in [0.2, 0.25) is 0 Å². The number of hydrazone groups is 2. The Morgan fingerprint density at radius 2 is 0.875 bits per heavy atom. The Morgan fingerprint density at radius 3 is 1.17 bits per heavy atom. The minimum absolute atomic E-state index is 0.347. The average molecular weight is 445 g/mol. The first kappa shape index (κ1) is 19.4. The molecule has 0 saturated carbocycles. The van der Waals surface area contributed by atoms with Crippen LogP contribution in [0.25, 0.3) is 0 Å². The Balaban J connectivity index is 1.97. The molecule has 0 aliphatic heterocycles. The normalized spacial score (nSPS) is 11.4. The fourth-order valence-corrected chi connectivity index (χ4v) is 3.37. The van der Waals surface area contributed by atoms with E-state index in [0.29, 0.717) is 41.5 Å². The predicted molar refractivity (Wildman–Crippen MR) is 107 cm³/mol. The topological polar surface area (TPSA) is 48.8 Å². The molecule has 0 aliphatic carbocycles. The first-order valence-corrected chi connectivity index (χ1v) is 8.51. The largest absolute Gasteiger partial charge is 0.275 e. The van der Waals surface area contributed by atoms with Gasteiger partial charge in [0.1, 0.15) is 0 Å². The lowest BCUT2D eigenvalue weighted by molar-refractivity contribution is 1.34. The van der Waals surface area contributed by atoms with Crippen LogP contribution in [0.2, 0.25) is 30.1 Å². The van der Waals surface area contributed by atoms with Crippen molar-refractivity contribution in [1.29, 1.82) is 0 Å². The average Bonchev–Trinajstić information content (AvgIpc) is 2.46. The second kappa shape index (κ2) is 8.99. The molecule has 24 heavy (non-hydrogen) atoms. The number of hydrogen-bond donors (Lipinski definition) is 2. The standard InChI is InChI=1S/C14H8Cl6N4/c15-7-3-9(17)13(10(18)4-7)23-21-1-2-22-24-14-11(19)5-8(16)6-12(14)20/h1-6,23-24H/b21-1-,22-2-. The van der Waals surface area contributed by atoms with Crippen LogP contribution in [0.15, 0.2) is 34.5 Å². The molecule has 0 unspecified atom stereocenters. The van der Waals surface area contributed by atoms with E-state index in [9.17, 15) is 0 Å². The van der Waals surface area contributed by atoms with E-state index in [0.717, 1.165) is 0 Å². The molecule has 0 fully saturated rings. The Kier molecular flexibility index (Phi) is 7.29. The van der Waals surface area contributed by atoms with Gasteiger partial charge in [-0.3, -0.25) is 10.9 Å². The summed E-state index contributed by atoms with van der Waals surface area (Å²) in [5, 5.41) is 10.1. The van der Waals surface area contributed by atoms with Gasteiger partial charge in [-0.2, -0.15) is 10.2 Å². The van der Waals surface area contributed by atoms with Gasteiger partial charge in [0.05, 0.1) is 43.9 Å². The van der Waals surface area contributed by atoms with Crippen LogP contribution >= 0.6 is 69.6 Å². The van der Waals surface area contributed by atoms with Crippen molar-refractivity contribution in [3.63, 3.8) is 0 Å². The van der Waals surface area contributed by atoms with E-state index in [1.54, 1.807) is 24.3 Å². The third kappa shape index (κ3) is 5.31. The van der Waals surface area contributed by atoms with Crippen LogP contribution in [-0.2, 0) is 0 Å². The van der Waals surface area contributed by atoms with Crippen molar-refractivity contribution in [3.8, 4) is 0 Å². The third-order valence-electron chi connectivity index (χ3n) is 2.58. The molecule has 0 saturated heterocycles. The maximum Gasteiger partial charge on any atom is 0.0935 e. The zero-order valence-electron chi connectivity index (χ0n) is 11.6. The molecule has 0 amide bonds. The minimum atomic E-state index is 0.347. The highest BCUT2D eigenvalue weighted by atomic mass is 35.5. The monoisotopic (exact) mass is 442 g/mol. The molecule has 10 heteroatoms. The van der Waals surface area contributed by atoms with Crippen molar-refractivity contribution in [2.45, 2.75) is 0 Å². The summed E-state index contributed by atoms with van der Waals surface area (Å²) in [6.07, 6.45) is 2.76. The first-order valence-electron chi connectivity index (χ1n) is 6.24. The van der Waals surface area contributed by atoms with Crippen LogP contribution in [-0.4, -0.2) is 12.4 Å². The zero-order valence-corrected chi connectivity index (χ0v) is 16.2. The van der Waals surface area contributed by atoms with Crippen molar-refractivity contribution in [3.05, 3.63) is 54.4 Å². The fraction of sp³-hybridized carbons (Fsp3) is 0. The molecule has 0 radical (unpaired) electrons. The van der Waals surface area contributed by atoms with E-state index in [1.165, 1.54) is 12.4 Å². The highest BCUT2D eigenvalue weighted by molar-refractivity contribution is 6.42. The second-order valence-corrected chi connectivity index (χ2v) is 6.77. The summed E-state index contributed by atoms with van der Waals surface area (Å²) < 4.78 is 0. The summed E-state index contributed by atoms with van der Waals surface area (Å²) in [5.74, 6) is 0. The van der Waals surface area contributed by atoms with Crippen molar-refractivity contribution in [2.24, 2.45) is 10.2 Å². The number of hydrogen-bond acceptors (Lipinski definition) is 4. The van der Waals surface area contributed by atoms with Crippen molar-refractivity contribution in [1.82, 2.24) is 0 Å². The minimum Gasteiger partial charge on any atom is -0.275 e. The van der Waals surface area contributed by atoms with Crippen LogP contribution in [0.3, 0.4) is 0 Å². The first-order chi connectivity index (χ1) is 11.4. The van der Waals surface area contributed by atoms with Gasteiger partial charge in [-0.15, -0.1) is 0 Å². The van der Waals surface area contributed by atoms with Crippen LogP contribution in [0.4, 0.5) is 11.4 Å². The Bertz CT molecular complexity index is 692. The lowest BCUT2D eigenvalue weighted by Gasteiger charge is -2.06. The number of nitrogens with zero attached hydrogens (tertiary/aromatic N) is 2. The molecular weight excluding hydrogens is 437 g/mol. The van der Waals surface area contributed by atoms with Crippen molar-refractivity contribution < 1.29 is 0 Å². The maximum atomic E-state index is 6.01. The van der Waals surface area contributed by atoms with Crippen LogP contribution in [0, 0.1) is 0 Å². The van der Waals surface area contributed by atoms with Gasteiger partial charge < -0.3 is 0 Å². The SMILES string of the molecule is Clc1cc(Cl)c(N/N=C\C=N/Nc2c(Cl)cc(Cl)cc2Cl)c(Cl)c1. The van der Waals surface area contributed by atoms with E-state index in [1.807, 2.05) is 0 Å². The summed E-state index contributed by atoms with van der Waals surface area (Å²) in [7, 11) is 0. The van der Waals surface area contributed by atoms with Gasteiger partial charge in [-0.1, -0.05) is 69.6 Å². The number of halogens is 6. The molecule has 0 heterocycles. The zero-order chi connectivity index (χ0) is 17.7. The van der Waals surface area contributed by atoms with Gasteiger partial charge >= 0.3 is 0 Å². The molecule has 2 aromatic rings. The van der Waals surface area contributed by atoms with Crippen LogP contribution in [0.5, 0.6) is 0 Å². The summed E-state index contributed by atoms with van der Waals surface area (Å²) >= 11 is 35.7.